The first-order valence-electron chi connectivity index (χ1n) is 5.91. The third-order valence-electron chi connectivity index (χ3n) is 2.16. The maximum atomic E-state index is 4.80. The van der Waals surface area contributed by atoms with Crippen molar-refractivity contribution >= 4 is 0 Å². The number of methoxy groups -OCH3 is 1. The van der Waals surface area contributed by atoms with Gasteiger partial charge in [-0.15, -0.1) is 0 Å². The maximum absolute atomic E-state index is 4.80. The van der Waals surface area contributed by atoms with Crippen LogP contribution in [0.1, 0.15) is 52.4 Å². The fraction of sp³-hybridized carbons (Fsp3) is 0.846. The summed E-state index contributed by atoms with van der Waals surface area (Å²) < 4.78 is 4.80. The molecule has 14 heavy (non-hydrogen) atoms. The van der Waals surface area contributed by atoms with Gasteiger partial charge in [0.05, 0.1) is 0 Å². The summed E-state index contributed by atoms with van der Waals surface area (Å²) in [5.74, 6) is 0.676. The first-order chi connectivity index (χ1) is 6.77. The van der Waals surface area contributed by atoms with E-state index in [0.29, 0.717) is 5.92 Å². The Morgan fingerprint density at radius 1 is 1.00 bits per heavy atom. The van der Waals surface area contributed by atoms with Gasteiger partial charge in [-0.1, -0.05) is 38.8 Å². The molecule has 1 nitrogen and oxygen atoms in total. The number of allylic oxidation sites excluding steroid dienone is 2. The molecule has 0 N–H and O–H groups in total. The minimum atomic E-state index is 0.676. The second-order valence-corrected chi connectivity index (χ2v) is 4.31. The van der Waals surface area contributed by atoms with E-state index < -0.39 is 0 Å². The molecule has 0 saturated carbocycles. The van der Waals surface area contributed by atoms with E-state index in [1.807, 2.05) is 0 Å². The fourth-order valence-corrected chi connectivity index (χ4v) is 1.45. The normalized spacial score (nSPS) is 16.9. The van der Waals surface area contributed by atoms with E-state index >= 15 is 0 Å². The van der Waals surface area contributed by atoms with Gasteiger partial charge in [0.2, 0.25) is 0 Å². The lowest BCUT2D eigenvalue weighted by Crippen LogP contribution is -1.96. The van der Waals surface area contributed by atoms with Gasteiger partial charge in [0.25, 0.3) is 0 Å². The second-order valence-electron chi connectivity index (χ2n) is 4.31. The smallest absolute Gasteiger partial charge is 0.0485 e. The lowest BCUT2D eigenvalue weighted by Gasteiger charge is -2.00. The second kappa shape index (κ2) is 10.8. The molecule has 1 heteroatoms. The summed E-state index contributed by atoms with van der Waals surface area (Å²) >= 11 is 0. The Balaban J connectivity index is 0.000000255. The molecular weight excluding hydrogens is 172 g/mol. The summed E-state index contributed by atoms with van der Waals surface area (Å²) in [5.41, 5.74) is 0. The highest BCUT2D eigenvalue weighted by Gasteiger charge is 1.90. The average Bonchev–Trinajstić information content (AvgIpc) is 2.02. The van der Waals surface area contributed by atoms with Crippen LogP contribution < -0.4 is 0 Å². The first-order valence-corrected chi connectivity index (χ1v) is 5.91. The average molecular weight is 198 g/mol. The molecule has 1 aliphatic carbocycles. The van der Waals surface area contributed by atoms with Crippen LogP contribution in [-0.2, 0) is 4.74 Å². The Labute approximate surface area is 89.5 Å². The highest BCUT2D eigenvalue weighted by Crippen LogP contribution is 2.09. The molecule has 0 amide bonds. The topological polar surface area (TPSA) is 9.23 Å². The van der Waals surface area contributed by atoms with E-state index in [1.54, 1.807) is 7.11 Å². The number of hydrogen-bond donors (Lipinski definition) is 0. The predicted octanol–water partition coefficient (Wildman–Crippen LogP) is 4.19. The zero-order chi connectivity index (χ0) is 10.6. The first kappa shape index (κ1) is 13.7. The zero-order valence-corrected chi connectivity index (χ0v) is 10.1. The highest BCUT2D eigenvalue weighted by molar-refractivity contribution is 4.82. The van der Waals surface area contributed by atoms with Gasteiger partial charge in [-0.3, -0.25) is 0 Å². The van der Waals surface area contributed by atoms with E-state index in [-0.39, 0.29) is 0 Å². The van der Waals surface area contributed by atoms with Crippen LogP contribution in [0, 0.1) is 5.92 Å². The van der Waals surface area contributed by atoms with E-state index in [4.69, 9.17) is 4.74 Å². The van der Waals surface area contributed by atoms with Gasteiger partial charge in [-0.2, -0.15) is 0 Å². The monoisotopic (exact) mass is 198 g/mol. The SMILES string of the molecule is C1=CCCCCCC1.COCC(C)C. The van der Waals surface area contributed by atoms with Crippen molar-refractivity contribution in [3.63, 3.8) is 0 Å². The molecule has 0 aromatic rings. The van der Waals surface area contributed by atoms with Crippen molar-refractivity contribution in [2.45, 2.75) is 52.4 Å². The molecule has 0 fully saturated rings. The molecule has 0 heterocycles. The van der Waals surface area contributed by atoms with Crippen LogP contribution in [0.4, 0.5) is 0 Å². The quantitative estimate of drug-likeness (QED) is 0.605. The molecule has 0 aromatic carbocycles. The van der Waals surface area contributed by atoms with Gasteiger partial charge in [0, 0.05) is 13.7 Å². The van der Waals surface area contributed by atoms with Crippen molar-refractivity contribution in [3.05, 3.63) is 12.2 Å². The summed E-state index contributed by atoms with van der Waals surface area (Å²) in [6, 6.07) is 0. The van der Waals surface area contributed by atoms with Crippen LogP contribution in [0.3, 0.4) is 0 Å². The number of ether oxygens (including phenoxy) is 1. The van der Waals surface area contributed by atoms with Gasteiger partial charge in [-0.05, 0) is 31.6 Å². The van der Waals surface area contributed by atoms with Gasteiger partial charge >= 0.3 is 0 Å². The standard InChI is InChI=1S/C8H14.C5H12O/c1-2-4-6-8-7-5-3-1;1-5(2)4-6-3/h1-2H,3-8H2;5H,4H2,1-3H3. The molecule has 0 aromatic heterocycles. The molecule has 0 radical (unpaired) electrons. The molecule has 1 aliphatic rings. The van der Waals surface area contributed by atoms with E-state index in [2.05, 4.69) is 26.0 Å². The van der Waals surface area contributed by atoms with Crippen LogP contribution in [0.15, 0.2) is 12.2 Å². The van der Waals surface area contributed by atoms with Crippen LogP contribution in [0.5, 0.6) is 0 Å². The summed E-state index contributed by atoms with van der Waals surface area (Å²) in [7, 11) is 1.72. The molecule has 0 aliphatic heterocycles. The van der Waals surface area contributed by atoms with Crippen molar-refractivity contribution in [1.82, 2.24) is 0 Å². The van der Waals surface area contributed by atoms with Gasteiger partial charge in [0.15, 0.2) is 0 Å². The van der Waals surface area contributed by atoms with Crippen LogP contribution in [0.2, 0.25) is 0 Å². The van der Waals surface area contributed by atoms with E-state index in [9.17, 15) is 0 Å². The maximum Gasteiger partial charge on any atom is 0.0485 e. The largest absolute Gasteiger partial charge is 0.384 e. The third kappa shape index (κ3) is 11.7. The minimum absolute atomic E-state index is 0.676. The number of hydrogen-bond acceptors (Lipinski definition) is 1. The third-order valence-corrected chi connectivity index (χ3v) is 2.16. The lowest BCUT2D eigenvalue weighted by molar-refractivity contribution is 0.167. The van der Waals surface area contributed by atoms with Crippen molar-refractivity contribution in [1.29, 1.82) is 0 Å². The van der Waals surface area contributed by atoms with Crippen molar-refractivity contribution in [2.24, 2.45) is 5.92 Å². The van der Waals surface area contributed by atoms with Crippen molar-refractivity contribution in [2.75, 3.05) is 13.7 Å². The van der Waals surface area contributed by atoms with Gasteiger partial charge in [0.1, 0.15) is 0 Å². The number of rotatable bonds is 2. The van der Waals surface area contributed by atoms with Crippen molar-refractivity contribution in [3.8, 4) is 0 Å². The van der Waals surface area contributed by atoms with Gasteiger partial charge in [-0.25, -0.2) is 0 Å². The zero-order valence-electron chi connectivity index (χ0n) is 10.1. The Morgan fingerprint density at radius 3 is 1.79 bits per heavy atom. The molecule has 0 unspecified atom stereocenters. The molecule has 0 atom stereocenters. The van der Waals surface area contributed by atoms with E-state index in [0.717, 1.165) is 6.61 Å². The molecule has 84 valence electrons. The Hall–Kier alpha value is -0.300. The Kier molecular flexibility index (Phi) is 10.5. The molecule has 0 bridgehead atoms. The molecule has 0 saturated heterocycles. The lowest BCUT2D eigenvalue weighted by atomic mass is 10.1. The minimum Gasteiger partial charge on any atom is -0.384 e. The van der Waals surface area contributed by atoms with Crippen molar-refractivity contribution < 1.29 is 4.74 Å². The Morgan fingerprint density at radius 2 is 1.50 bits per heavy atom. The summed E-state index contributed by atoms with van der Waals surface area (Å²) in [6.45, 7) is 5.13. The van der Waals surface area contributed by atoms with E-state index in [1.165, 1.54) is 38.5 Å². The van der Waals surface area contributed by atoms with Crippen LogP contribution in [-0.4, -0.2) is 13.7 Å². The van der Waals surface area contributed by atoms with Crippen LogP contribution in [0.25, 0.3) is 0 Å². The Bertz CT molecular complexity index is 117. The predicted molar refractivity (Wildman–Crippen MR) is 63.6 cm³/mol. The summed E-state index contributed by atoms with van der Waals surface area (Å²) in [4.78, 5) is 0. The molecule has 1 rings (SSSR count). The highest BCUT2D eigenvalue weighted by atomic mass is 16.5. The fourth-order valence-electron chi connectivity index (χ4n) is 1.45. The van der Waals surface area contributed by atoms with Crippen LogP contribution >= 0.6 is 0 Å². The summed E-state index contributed by atoms with van der Waals surface area (Å²) in [5, 5.41) is 0. The summed E-state index contributed by atoms with van der Waals surface area (Å²) in [6.07, 6.45) is 13.0. The molecule has 0 spiro atoms. The molecular formula is C13H26O. The van der Waals surface area contributed by atoms with Gasteiger partial charge < -0.3 is 4.74 Å².